The third-order valence-electron chi connectivity index (χ3n) is 3.68. The fourth-order valence-corrected chi connectivity index (χ4v) is 2.67. The van der Waals surface area contributed by atoms with Gasteiger partial charge in [0.25, 0.3) is 0 Å². The highest BCUT2D eigenvalue weighted by Crippen LogP contribution is 2.25. The number of aryl methyl sites for hydroxylation is 2. The topological polar surface area (TPSA) is 46.8 Å². The van der Waals surface area contributed by atoms with E-state index in [1.54, 1.807) is 12.4 Å². The molecule has 0 atom stereocenters. The first-order valence-electron chi connectivity index (χ1n) is 6.80. The van der Waals surface area contributed by atoms with E-state index in [2.05, 4.69) is 37.5 Å². The molecule has 0 aliphatic carbocycles. The number of nitrogens with zero attached hydrogens (tertiary/aromatic N) is 5. The van der Waals surface area contributed by atoms with Crippen molar-refractivity contribution in [1.82, 2.24) is 19.5 Å². The monoisotopic (exact) mass is 257 g/mol. The molecule has 3 rings (SSSR count). The molecule has 5 heteroatoms. The number of rotatable bonds is 4. The lowest BCUT2D eigenvalue weighted by Crippen LogP contribution is -2.49. The number of hydrogen-bond donors (Lipinski definition) is 0. The first-order chi connectivity index (χ1) is 9.28. The molecule has 0 aromatic carbocycles. The summed E-state index contributed by atoms with van der Waals surface area (Å²) in [4.78, 5) is 15.4. The van der Waals surface area contributed by atoms with Crippen LogP contribution < -0.4 is 4.90 Å². The third kappa shape index (κ3) is 2.32. The van der Waals surface area contributed by atoms with Gasteiger partial charge in [0, 0.05) is 56.8 Å². The summed E-state index contributed by atoms with van der Waals surface area (Å²) < 4.78 is 2.27. The fourth-order valence-electron chi connectivity index (χ4n) is 2.67. The van der Waals surface area contributed by atoms with Crippen LogP contribution in [0.15, 0.2) is 24.8 Å². The lowest BCUT2D eigenvalue weighted by Gasteiger charge is -2.40. The van der Waals surface area contributed by atoms with E-state index in [1.165, 1.54) is 5.82 Å². The lowest BCUT2D eigenvalue weighted by atomic mass is 10.00. The number of hydrogen-bond acceptors (Lipinski definition) is 4. The average Bonchev–Trinajstić information content (AvgIpc) is 2.82. The normalized spacial score (nSPS) is 15.6. The van der Waals surface area contributed by atoms with Gasteiger partial charge in [0.15, 0.2) is 0 Å². The molecule has 0 radical (unpaired) electrons. The first-order valence-corrected chi connectivity index (χ1v) is 6.80. The largest absolute Gasteiger partial charge is 0.354 e. The van der Waals surface area contributed by atoms with Crippen LogP contribution >= 0.6 is 0 Å². The molecule has 5 nitrogen and oxygen atoms in total. The van der Waals surface area contributed by atoms with Crippen LogP contribution in [0.2, 0.25) is 0 Å². The van der Waals surface area contributed by atoms with Gasteiger partial charge in [0.05, 0.1) is 5.69 Å². The number of aromatic nitrogens is 4. The molecule has 1 aliphatic rings. The first kappa shape index (κ1) is 12.1. The van der Waals surface area contributed by atoms with Crippen molar-refractivity contribution in [2.75, 3.05) is 18.0 Å². The summed E-state index contributed by atoms with van der Waals surface area (Å²) in [7, 11) is 0. The van der Waals surface area contributed by atoms with E-state index in [1.807, 2.05) is 13.1 Å². The third-order valence-corrected chi connectivity index (χ3v) is 3.68. The summed E-state index contributed by atoms with van der Waals surface area (Å²) in [6.45, 7) is 7.33. The minimum atomic E-state index is 0.681. The molecule has 0 amide bonds. The minimum Gasteiger partial charge on any atom is -0.354 e. The van der Waals surface area contributed by atoms with E-state index < -0.39 is 0 Å². The zero-order valence-corrected chi connectivity index (χ0v) is 11.5. The Morgan fingerprint density at radius 3 is 2.68 bits per heavy atom. The zero-order valence-electron chi connectivity index (χ0n) is 11.5. The Kier molecular flexibility index (Phi) is 3.19. The second kappa shape index (κ2) is 4.99. The van der Waals surface area contributed by atoms with Crippen molar-refractivity contribution in [3.63, 3.8) is 0 Å². The van der Waals surface area contributed by atoms with Crippen molar-refractivity contribution in [2.24, 2.45) is 5.92 Å². The molecule has 0 saturated carbocycles. The van der Waals surface area contributed by atoms with Crippen LogP contribution in [0, 0.1) is 12.8 Å². The molecule has 1 fully saturated rings. The molecule has 2 aromatic rings. The predicted molar refractivity (Wildman–Crippen MR) is 74.1 cm³/mol. The molecule has 0 unspecified atom stereocenters. The van der Waals surface area contributed by atoms with Crippen LogP contribution in [-0.2, 0) is 13.0 Å². The second-order valence-electron chi connectivity index (χ2n) is 5.09. The van der Waals surface area contributed by atoms with Gasteiger partial charge in [-0.3, -0.25) is 4.98 Å². The molecular formula is C14H19N5. The molecule has 1 saturated heterocycles. The van der Waals surface area contributed by atoms with Gasteiger partial charge in [-0.15, -0.1) is 0 Å². The molecule has 3 heterocycles. The van der Waals surface area contributed by atoms with Crippen molar-refractivity contribution < 1.29 is 0 Å². The maximum atomic E-state index is 4.41. The lowest BCUT2D eigenvalue weighted by molar-refractivity contribution is 0.350. The standard InChI is InChI=1S/C14H19N5/c1-3-13-16-6-7-18(13)8-12-9-19(10-12)14-11(2)15-4-5-17-14/h4-7,12H,3,8-10H2,1-2H3. The Labute approximate surface area is 113 Å². The maximum Gasteiger partial charge on any atom is 0.150 e. The van der Waals surface area contributed by atoms with Gasteiger partial charge in [0.2, 0.25) is 0 Å². The smallest absolute Gasteiger partial charge is 0.150 e. The van der Waals surface area contributed by atoms with Crippen LogP contribution in [0.4, 0.5) is 5.82 Å². The summed E-state index contributed by atoms with van der Waals surface area (Å²) in [6, 6.07) is 0. The molecule has 0 N–H and O–H groups in total. The van der Waals surface area contributed by atoms with Crippen LogP contribution in [0.5, 0.6) is 0 Å². The Hall–Kier alpha value is -1.91. The van der Waals surface area contributed by atoms with Gasteiger partial charge in [-0.25, -0.2) is 9.97 Å². The summed E-state index contributed by atoms with van der Waals surface area (Å²) in [5, 5.41) is 0. The SMILES string of the molecule is CCc1nccn1CC1CN(c2nccnc2C)C1. The van der Waals surface area contributed by atoms with Crippen molar-refractivity contribution in [1.29, 1.82) is 0 Å². The van der Waals surface area contributed by atoms with E-state index in [4.69, 9.17) is 0 Å². The van der Waals surface area contributed by atoms with Crippen molar-refractivity contribution >= 4 is 5.82 Å². The Morgan fingerprint density at radius 2 is 1.95 bits per heavy atom. The Morgan fingerprint density at radius 1 is 1.16 bits per heavy atom. The maximum absolute atomic E-state index is 4.41. The van der Waals surface area contributed by atoms with Crippen molar-refractivity contribution in [3.05, 3.63) is 36.3 Å². The summed E-state index contributed by atoms with van der Waals surface area (Å²) in [5.41, 5.74) is 1.01. The molecule has 0 bridgehead atoms. The molecule has 1 aliphatic heterocycles. The number of anilines is 1. The van der Waals surface area contributed by atoms with Gasteiger partial charge >= 0.3 is 0 Å². The summed E-state index contributed by atoms with van der Waals surface area (Å²) in [5.74, 6) is 2.88. The van der Waals surface area contributed by atoms with Crippen LogP contribution in [0.1, 0.15) is 18.4 Å². The van der Waals surface area contributed by atoms with Crippen LogP contribution in [0.3, 0.4) is 0 Å². The highest BCUT2D eigenvalue weighted by molar-refractivity contribution is 5.44. The quantitative estimate of drug-likeness (QED) is 0.836. The zero-order chi connectivity index (χ0) is 13.2. The summed E-state index contributed by atoms with van der Waals surface area (Å²) in [6.07, 6.45) is 8.47. The molecule has 100 valence electrons. The van der Waals surface area contributed by atoms with E-state index in [9.17, 15) is 0 Å². The van der Waals surface area contributed by atoms with Crippen molar-refractivity contribution in [2.45, 2.75) is 26.8 Å². The van der Waals surface area contributed by atoms with E-state index in [0.717, 1.165) is 37.6 Å². The van der Waals surface area contributed by atoms with Gasteiger partial charge in [-0.2, -0.15) is 0 Å². The fraction of sp³-hybridized carbons (Fsp3) is 0.500. The van der Waals surface area contributed by atoms with Gasteiger partial charge < -0.3 is 9.47 Å². The Balaban J connectivity index is 1.60. The summed E-state index contributed by atoms with van der Waals surface area (Å²) >= 11 is 0. The van der Waals surface area contributed by atoms with Gasteiger partial charge in [-0.05, 0) is 6.92 Å². The average molecular weight is 257 g/mol. The van der Waals surface area contributed by atoms with Gasteiger partial charge in [0.1, 0.15) is 11.6 Å². The van der Waals surface area contributed by atoms with Crippen LogP contribution in [0.25, 0.3) is 0 Å². The molecule has 19 heavy (non-hydrogen) atoms. The molecule has 2 aromatic heterocycles. The molecule has 0 spiro atoms. The highest BCUT2D eigenvalue weighted by Gasteiger charge is 2.29. The van der Waals surface area contributed by atoms with E-state index in [0.29, 0.717) is 5.92 Å². The molecular weight excluding hydrogens is 238 g/mol. The Bertz CT molecular complexity index is 556. The van der Waals surface area contributed by atoms with Gasteiger partial charge in [-0.1, -0.05) is 6.92 Å². The predicted octanol–water partition coefficient (Wildman–Crippen LogP) is 1.68. The van der Waals surface area contributed by atoms with E-state index >= 15 is 0 Å². The van der Waals surface area contributed by atoms with E-state index in [-0.39, 0.29) is 0 Å². The van der Waals surface area contributed by atoms with Crippen molar-refractivity contribution in [3.8, 4) is 0 Å². The number of imidazole rings is 1. The second-order valence-corrected chi connectivity index (χ2v) is 5.09. The highest BCUT2D eigenvalue weighted by atomic mass is 15.3. The minimum absolute atomic E-state index is 0.681. The van der Waals surface area contributed by atoms with Crippen LogP contribution in [-0.4, -0.2) is 32.6 Å².